The maximum Gasteiger partial charge on any atom is 0.0894 e. The number of hydrogen-bond donors (Lipinski definition) is 3. The second kappa shape index (κ2) is 12.1. The number of nitrogens with two attached hydrogens (primary N) is 1. The summed E-state index contributed by atoms with van der Waals surface area (Å²) in [7, 11) is 0. The molecule has 2 atom stereocenters. The standard InChI is InChI=1S/C14H29NO2/c1-2-3-4-5-6-7-8-9-10-11-14(17)13(15)12-16/h10-11,13-14,16-17H,2-9,12,15H2,1H3/b11-10-/t13-,14-/m0/s1. The van der Waals surface area contributed by atoms with E-state index in [1.165, 1.54) is 44.9 Å². The Balaban J connectivity index is 3.30. The smallest absolute Gasteiger partial charge is 0.0894 e. The molecule has 0 fully saturated rings. The van der Waals surface area contributed by atoms with Crippen LogP contribution in [-0.2, 0) is 0 Å². The molecule has 0 aliphatic heterocycles. The summed E-state index contributed by atoms with van der Waals surface area (Å²) in [5.41, 5.74) is 5.47. The van der Waals surface area contributed by atoms with Gasteiger partial charge in [0.15, 0.2) is 0 Å². The van der Waals surface area contributed by atoms with E-state index in [4.69, 9.17) is 10.8 Å². The molecule has 0 amide bonds. The average molecular weight is 243 g/mol. The van der Waals surface area contributed by atoms with E-state index in [2.05, 4.69) is 6.92 Å². The van der Waals surface area contributed by atoms with Crippen LogP contribution in [0.5, 0.6) is 0 Å². The van der Waals surface area contributed by atoms with E-state index in [0.29, 0.717) is 0 Å². The Bertz CT molecular complexity index is 183. The summed E-state index contributed by atoms with van der Waals surface area (Å²) in [4.78, 5) is 0. The highest BCUT2D eigenvalue weighted by atomic mass is 16.3. The predicted molar refractivity (Wildman–Crippen MR) is 72.8 cm³/mol. The van der Waals surface area contributed by atoms with Gasteiger partial charge in [-0.2, -0.15) is 0 Å². The first-order chi connectivity index (χ1) is 8.22. The third-order valence-corrected chi connectivity index (χ3v) is 2.96. The summed E-state index contributed by atoms with van der Waals surface area (Å²) in [6.45, 7) is 2.05. The Morgan fingerprint density at radius 3 is 2.24 bits per heavy atom. The molecule has 0 rings (SSSR count). The van der Waals surface area contributed by atoms with E-state index >= 15 is 0 Å². The van der Waals surface area contributed by atoms with Crippen molar-refractivity contribution in [3.8, 4) is 0 Å². The molecular formula is C14H29NO2. The van der Waals surface area contributed by atoms with Gasteiger partial charge in [-0.05, 0) is 12.8 Å². The van der Waals surface area contributed by atoms with Gasteiger partial charge in [0, 0.05) is 0 Å². The molecule has 0 spiro atoms. The van der Waals surface area contributed by atoms with Gasteiger partial charge in [0.1, 0.15) is 0 Å². The second-order valence-electron chi connectivity index (χ2n) is 4.68. The molecule has 0 radical (unpaired) electrons. The van der Waals surface area contributed by atoms with Crippen molar-refractivity contribution in [2.45, 2.75) is 70.4 Å². The van der Waals surface area contributed by atoms with Crippen LogP contribution in [0.3, 0.4) is 0 Å². The SMILES string of the molecule is CCCCCCCCC/C=C\[C@H](O)[C@@H](N)CO. The Kier molecular flexibility index (Phi) is 11.8. The molecule has 0 heterocycles. The minimum atomic E-state index is -0.718. The molecule has 0 bridgehead atoms. The third-order valence-electron chi connectivity index (χ3n) is 2.96. The molecule has 0 aromatic rings. The summed E-state index contributed by atoms with van der Waals surface area (Å²) in [5, 5.41) is 18.2. The first-order valence-corrected chi connectivity index (χ1v) is 6.93. The Morgan fingerprint density at radius 2 is 1.65 bits per heavy atom. The summed E-state index contributed by atoms with van der Waals surface area (Å²) in [5.74, 6) is 0. The number of aliphatic hydroxyl groups excluding tert-OH is 2. The molecule has 0 aromatic carbocycles. The lowest BCUT2D eigenvalue weighted by molar-refractivity contribution is 0.144. The molecular weight excluding hydrogens is 214 g/mol. The Morgan fingerprint density at radius 1 is 1.06 bits per heavy atom. The number of hydrogen-bond acceptors (Lipinski definition) is 3. The second-order valence-corrected chi connectivity index (χ2v) is 4.68. The van der Waals surface area contributed by atoms with Crippen molar-refractivity contribution in [3.63, 3.8) is 0 Å². The Hall–Kier alpha value is -0.380. The monoisotopic (exact) mass is 243 g/mol. The zero-order valence-electron chi connectivity index (χ0n) is 11.1. The van der Waals surface area contributed by atoms with Crippen molar-refractivity contribution in [2.75, 3.05) is 6.61 Å². The van der Waals surface area contributed by atoms with Gasteiger partial charge in [-0.15, -0.1) is 0 Å². The van der Waals surface area contributed by atoms with E-state index in [1.54, 1.807) is 6.08 Å². The lowest BCUT2D eigenvalue weighted by Gasteiger charge is -2.11. The third kappa shape index (κ3) is 10.5. The minimum Gasteiger partial charge on any atom is -0.395 e. The van der Waals surface area contributed by atoms with Crippen LogP contribution >= 0.6 is 0 Å². The van der Waals surface area contributed by atoms with Crippen molar-refractivity contribution in [1.29, 1.82) is 0 Å². The number of aliphatic hydroxyl groups is 2. The molecule has 3 heteroatoms. The highest BCUT2D eigenvalue weighted by Gasteiger charge is 2.08. The van der Waals surface area contributed by atoms with Crippen molar-refractivity contribution >= 4 is 0 Å². The van der Waals surface area contributed by atoms with Crippen molar-refractivity contribution in [2.24, 2.45) is 5.73 Å². The zero-order valence-corrected chi connectivity index (χ0v) is 11.1. The predicted octanol–water partition coefficient (Wildman–Crippen LogP) is 2.36. The average Bonchev–Trinajstić information content (AvgIpc) is 2.35. The molecule has 0 saturated carbocycles. The summed E-state index contributed by atoms with van der Waals surface area (Å²) in [6, 6.07) is -0.555. The maximum absolute atomic E-state index is 9.45. The number of allylic oxidation sites excluding steroid dienone is 1. The molecule has 102 valence electrons. The zero-order chi connectivity index (χ0) is 12.9. The van der Waals surface area contributed by atoms with Crippen LogP contribution in [0, 0.1) is 0 Å². The van der Waals surface area contributed by atoms with Crippen molar-refractivity contribution in [1.82, 2.24) is 0 Å². The van der Waals surface area contributed by atoms with E-state index in [1.807, 2.05) is 6.08 Å². The highest BCUT2D eigenvalue weighted by molar-refractivity contribution is 4.93. The molecule has 0 aliphatic rings. The van der Waals surface area contributed by atoms with E-state index in [9.17, 15) is 5.11 Å². The van der Waals surface area contributed by atoms with Crippen LogP contribution in [0.2, 0.25) is 0 Å². The summed E-state index contributed by atoms with van der Waals surface area (Å²) in [6.07, 6.45) is 13.0. The van der Waals surface area contributed by atoms with Crippen LogP contribution in [0.1, 0.15) is 58.3 Å². The quantitative estimate of drug-likeness (QED) is 0.385. The van der Waals surface area contributed by atoms with Crippen LogP contribution in [0.4, 0.5) is 0 Å². The van der Waals surface area contributed by atoms with E-state index < -0.39 is 12.1 Å². The van der Waals surface area contributed by atoms with Crippen LogP contribution in [0.25, 0.3) is 0 Å². The van der Waals surface area contributed by atoms with Gasteiger partial charge in [-0.1, -0.05) is 57.6 Å². The van der Waals surface area contributed by atoms with Gasteiger partial charge in [0.25, 0.3) is 0 Å². The molecule has 0 unspecified atom stereocenters. The van der Waals surface area contributed by atoms with Gasteiger partial charge < -0.3 is 15.9 Å². The van der Waals surface area contributed by atoms with Crippen LogP contribution in [-0.4, -0.2) is 29.0 Å². The molecule has 17 heavy (non-hydrogen) atoms. The lowest BCUT2D eigenvalue weighted by atomic mass is 10.1. The molecule has 0 aromatic heterocycles. The fourth-order valence-electron chi connectivity index (χ4n) is 1.71. The molecule has 0 aliphatic carbocycles. The van der Waals surface area contributed by atoms with E-state index in [0.717, 1.165) is 6.42 Å². The lowest BCUT2D eigenvalue weighted by Crippen LogP contribution is -2.36. The first kappa shape index (κ1) is 16.6. The topological polar surface area (TPSA) is 66.5 Å². The van der Waals surface area contributed by atoms with Gasteiger partial charge in [-0.3, -0.25) is 0 Å². The first-order valence-electron chi connectivity index (χ1n) is 6.93. The number of rotatable bonds is 11. The Labute approximate surface area is 106 Å². The minimum absolute atomic E-state index is 0.178. The van der Waals surface area contributed by atoms with Gasteiger partial charge >= 0.3 is 0 Å². The highest BCUT2D eigenvalue weighted by Crippen LogP contribution is 2.08. The van der Waals surface area contributed by atoms with Crippen LogP contribution in [0.15, 0.2) is 12.2 Å². The van der Waals surface area contributed by atoms with Crippen LogP contribution < -0.4 is 5.73 Å². The van der Waals surface area contributed by atoms with Crippen molar-refractivity contribution in [3.05, 3.63) is 12.2 Å². The fourth-order valence-corrected chi connectivity index (χ4v) is 1.71. The maximum atomic E-state index is 9.45. The molecule has 0 saturated heterocycles. The van der Waals surface area contributed by atoms with Gasteiger partial charge in [0.05, 0.1) is 18.8 Å². The van der Waals surface area contributed by atoms with Gasteiger partial charge in [-0.25, -0.2) is 0 Å². The van der Waals surface area contributed by atoms with E-state index in [-0.39, 0.29) is 6.61 Å². The normalized spacial score (nSPS) is 15.3. The van der Waals surface area contributed by atoms with Gasteiger partial charge in [0.2, 0.25) is 0 Å². The van der Waals surface area contributed by atoms with Crippen molar-refractivity contribution < 1.29 is 10.2 Å². The summed E-state index contributed by atoms with van der Waals surface area (Å²) < 4.78 is 0. The number of unbranched alkanes of at least 4 members (excludes halogenated alkanes) is 7. The molecule has 4 N–H and O–H groups in total. The largest absolute Gasteiger partial charge is 0.395 e. The fraction of sp³-hybridized carbons (Fsp3) is 0.857. The molecule has 3 nitrogen and oxygen atoms in total. The summed E-state index contributed by atoms with van der Waals surface area (Å²) >= 11 is 0.